The molecule has 2 fully saturated rings. The highest BCUT2D eigenvalue weighted by molar-refractivity contribution is 5.97. The number of amides is 1. The van der Waals surface area contributed by atoms with Crippen LogP contribution in [-0.2, 0) is 0 Å². The molecule has 0 radical (unpaired) electrons. The van der Waals surface area contributed by atoms with Crippen LogP contribution in [0.2, 0.25) is 0 Å². The first-order valence-corrected chi connectivity index (χ1v) is 8.23. The van der Waals surface area contributed by atoms with Gasteiger partial charge in [0.05, 0.1) is 11.4 Å². The van der Waals surface area contributed by atoms with Crippen molar-refractivity contribution in [3.05, 3.63) is 11.4 Å². The highest BCUT2D eigenvalue weighted by Gasteiger charge is 2.35. The standard InChI is InChI=1S/C16H26N4O/c1-3-16(4-2)7-9-20(10-8-16)15(21)14-12(17)13(18-19-14)11-5-6-11/h11H,3-10,17H2,1-2H3,(H,18,19). The Morgan fingerprint density at radius 1 is 1.33 bits per heavy atom. The number of rotatable bonds is 4. The summed E-state index contributed by atoms with van der Waals surface area (Å²) in [5.41, 5.74) is 8.51. The van der Waals surface area contributed by atoms with Gasteiger partial charge >= 0.3 is 0 Å². The quantitative estimate of drug-likeness (QED) is 0.895. The molecule has 1 saturated carbocycles. The summed E-state index contributed by atoms with van der Waals surface area (Å²) in [6, 6.07) is 0. The average molecular weight is 290 g/mol. The Bertz CT molecular complexity index is 518. The van der Waals surface area contributed by atoms with E-state index in [9.17, 15) is 4.79 Å². The zero-order chi connectivity index (χ0) is 15.0. The Morgan fingerprint density at radius 2 is 1.95 bits per heavy atom. The molecule has 0 aromatic carbocycles. The molecular formula is C16H26N4O. The van der Waals surface area contributed by atoms with Crippen LogP contribution in [0.1, 0.15) is 74.5 Å². The monoisotopic (exact) mass is 290 g/mol. The van der Waals surface area contributed by atoms with Crippen molar-refractivity contribution in [1.82, 2.24) is 15.1 Å². The van der Waals surface area contributed by atoms with Gasteiger partial charge in [0.2, 0.25) is 0 Å². The van der Waals surface area contributed by atoms with E-state index in [0.717, 1.165) is 44.5 Å². The van der Waals surface area contributed by atoms with Crippen LogP contribution in [0.5, 0.6) is 0 Å². The molecule has 1 aromatic rings. The number of aromatic amines is 1. The number of hydrogen-bond acceptors (Lipinski definition) is 3. The van der Waals surface area contributed by atoms with E-state index < -0.39 is 0 Å². The fraction of sp³-hybridized carbons (Fsp3) is 0.750. The summed E-state index contributed by atoms with van der Waals surface area (Å²) in [5, 5.41) is 7.16. The third kappa shape index (κ3) is 2.54. The average Bonchev–Trinajstić information content (AvgIpc) is 3.29. The molecule has 0 atom stereocenters. The molecule has 3 rings (SSSR count). The van der Waals surface area contributed by atoms with Crippen LogP contribution in [0, 0.1) is 5.41 Å². The number of nitrogen functional groups attached to an aromatic ring is 1. The maximum Gasteiger partial charge on any atom is 0.276 e. The summed E-state index contributed by atoms with van der Waals surface area (Å²) >= 11 is 0. The molecule has 1 saturated heterocycles. The zero-order valence-electron chi connectivity index (χ0n) is 13.1. The lowest BCUT2D eigenvalue weighted by Gasteiger charge is -2.40. The van der Waals surface area contributed by atoms with Crippen molar-refractivity contribution in [2.45, 2.75) is 58.3 Å². The van der Waals surface area contributed by atoms with E-state index in [2.05, 4.69) is 24.0 Å². The third-order valence-corrected chi connectivity index (χ3v) is 5.63. The number of anilines is 1. The number of hydrogen-bond donors (Lipinski definition) is 2. The van der Waals surface area contributed by atoms with Crippen LogP contribution in [0.15, 0.2) is 0 Å². The van der Waals surface area contributed by atoms with E-state index in [1.165, 1.54) is 12.8 Å². The molecule has 5 nitrogen and oxygen atoms in total. The van der Waals surface area contributed by atoms with Gasteiger partial charge in [0.25, 0.3) is 5.91 Å². The second kappa shape index (κ2) is 5.35. The van der Waals surface area contributed by atoms with Gasteiger partial charge in [-0.25, -0.2) is 0 Å². The van der Waals surface area contributed by atoms with E-state index in [1.54, 1.807) is 0 Å². The summed E-state index contributed by atoms with van der Waals surface area (Å²) in [5.74, 6) is 0.490. The lowest BCUT2D eigenvalue weighted by molar-refractivity contribution is 0.0553. The molecule has 21 heavy (non-hydrogen) atoms. The van der Waals surface area contributed by atoms with Crippen LogP contribution < -0.4 is 5.73 Å². The molecule has 116 valence electrons. The summed E-state index contributed by atoms with van der Waals surface area (Å²) in [6.07, 6.45) is 6.87. The van der Waals surface area contributed by atoms with E-state index >= 15 is 0 Å². The van der Waals surface area contributed by atoms with Crippen molar-refractivity contribution in [2.75, 3.05) is 18.8 Å². The minimum Gasteiger partial charge on any atom is -0.395 e. The van der Waals surface area contributed by atoms with Crippen LogP contribution in [0.3, 0.4) is 0 Å². The van der Waals surface area contributed by atoms with Crippen molar-refractivity contribution in [2.24, 2.45) is 5.41 Å². The summed E-state index contributed by atoms with van der Waals surface area (Å²) in [4.78, 5) is 14.6. The number of nitrogens with zero attached hydrogens (tertiary/aromatic N) is 2. The highest BCUT2D eigenvalue weighted by atomic mass is 16.2. The summed E-state index contributed by atoms with van der Waals surface area (Å²) in [7, 11) is 0. The van der Waals surface area contributed by atoms with Crippen LogP contribution in [-0.4, -0.2) is 34.1 Å². The molecule has 1 aliphatic carbocycles. The second-order valence-electron chi connectivity index (χ2n) is 6.67. The van der Waals surface area contributed by atoms with Gasteiger partial charge in [-0.1, -0.05) is 26.7 Å². The second-order valence-corrected chi connectivity index (χ2v) is 6.67. The minimum atomic E-state index is -0.00328. The molecule has 0 unspecified atom stereocenters. The predicted octanol–water partition coefficient (Wildman–Crippen LogP) is 2.91. The molecule has 1 aliphatic heterocycles. The molecule has 1 aromatic heterocycles. The number of aromatic nitrogens is 2. The van der Waals surface area contributed by atoms with Crippen LogP contribution in [0.25, 0.3) is 0 Å². The number of piperidine rings is 1. The first-order chi connectivity index (χ1) is 10.1. The Hall–Kier alpha value is -1.52. The molecular weight excluding hydrogens is 264 g/mol. The van der Waals surface area contributed by atoms with E-state index in [-0.39, 0.29) is 5.91 Å². The molecule has 0 bridgehead atoms. The van der Waals surface area contributed by atoms with Gasteiger partial charge in [-0.2, -0.15) is 5.10 Å². The molecule has 5 heteroatoms. The Balaban J connectivity index is 1.69. The topological polar surface area (TPSA) is 75.0 Å². The lowest BCUT2D eigenvalue weighted by atomic mass is 9.74. The van der Waals surface area contributed by atoms with E-state index in [0.29, 0.717) is 22.7 Å². The van der Waals surface area contributed by atoms with Gasteiger partial charge in [0.15, 0.2) is 5.69 Å². The Morgan fingerprint density at radius 3 is 2.48 bits per heavy atom. The fourth-order valence-corrected chi connectivity index (χ4v) is 3.50. The van der Waals surface area contributed by atoms with Gasteiger partial charge in [0, 0.05) is 19.0 Å². The number of H-pyrrole nitrogens is 1. The lowest BCUT2D eigenvalue weighted by Crippen LogP contribution is -2.43. The van der Waals surface area contributed by atoms with Gasteiger partial charge in [0.1, 0.15) is 0 Å². The first kappa shape index (κ1) is 14.4. The highest BCUT2D eigenvalue weighted by Crippen LogP contribution is 2.43. The Kier molecular flexibility index (Phi) is 3.68. The number of nitrogens with one attached hydrogen (secondary N) is 1. The van der Waals surface area contributed by atoms with Gasteiger partial charge < -0.3 is 10.6 Å². The molecule has 1 amide bonds. The van der Waals surface area contributed by atoms with Crippen LogP contribution >= 0.6 is 0 Å². The normalized spacial score (nSPS) is 21.5. The number of nitrogens with two attached hydrogens (primary N) is 1. The van der Waals surface area contributed by atoms with Gasteiger partial charge in [-0.3, -0.25) is 9.89 Å². The number of carbonyl (C=O) groups is 1. The van der Waals surface area contributed by atoms with Crippen LogP contribution in [0.4, 0.5) is 5.69 Å². The van der Waals surface area contributed by atoms with Crippen molar-refractivity contribution < 1.29 is 4.79 Å². The van der Waals surface area contributed by atoms with Gasteiger partial charge in [-0.05, 0) is 31.1 Å². The number of likely N-dealkylation sites (tertiary alicyclic amines) is 1. The zero-order valence-corrected chi connectivity index (χ0v) is 13.1. The molecule has 0 spiro atoms. The molecule has 2 aliphatic rings. The SMILES string of the molecule is CCC1(CC)CCN(C(=O)c2n[nH]c(C3CC3)c2N)CC1. The van der Waals surface area contributed by atoms with E-state index in [4.69, 9.17) is 5.73 Å². The summed E-state index contributed by atoms with van der Waals surface area (Å²) in [6.45, 7) is 6.17. The smallest absolute Gasteiger partial charge is 0.276 e. The summed E-state index contributed by atoms with van der Waals surface area (Å²) < 4.78 is 0. The van der Waals surface area contributed by atoms with E-state index in [1.807, 2.05) is 4.90 Å². The largest absolute Gasteiger partial charge is 0.395 e. The third-order valence-electron chi connectivity index (χ3n) is 5.63. The maximum absolute atomic E-state index is 12.6. The van der Waals surface area contributed by atoms with Crippen molar-refractivity contribution in [3.63, 3.8) is 0 Å². The van der Waals surface area contributed by atoms with Crippen molar-refractivity contribution in [1.29, 1.82) is 0 Å². The Labute approximate surface area is 126 Å². The minimum absolute atomic E-state index is 0.00328. The van der Waals surface area contributed by atoms with Crippen molar-refractivity contribution in [3.8, 4) is 0 Å². The fourth-order valence-electron chi connectivity index (χ4n) is 3.50. The maximum atomic E-state index is 12.6. The van der Waals surface area contributed by atoms with Gasteiger partial charge in [-0.15, -0.1) is 0 Å². The predicted molar refractivity (Wildman–Crippen MR) is 83.1 cm³/mol. The molecule has 3 N–H and O–H groups in total. The molecule has 2 heterocycles. The number of carbonyl (C=O) groups excluding carboxylic acids is 1. The first-order valence-electron chi connectivity index (χ1n) is 8.23. The van der Waals surface area contributed by atoms with Crippen molar-refractivity contribution >= 4 is 11.6 Å².